The third-order valence-corrected chi connectivity index (χ3v) is 8.38. The van der Waals surface area contributed by atoms with Crippen LogP contribution in [0.2, 0.25) is 5.02 Å². The van der Waals surface area contributed by atoms with E-state index in [4.69, 9.17) is 30.8 Å². The Kier molecular flexibility index (Phi) is 7.12. The van der Waals surface area contributed by atoms with Crippen molar-refractivity contribution in [1.29, 1.82) is 0 Å². The number of rotatable bonds is 9. The summed E-state index contributed by atoms with van der Waals surface area (Å²) in [4.78, 5) is 15.1. The summed E-state index contributed by atoms with van der Waals surface area (Å²) in [6.45, 7) is 12.1. The number of ether oxygens (including phenoxy) is 1. The second-order valence-corrected chi connectivity index (χ2v) is 11.5. The lowest BCUT2D eigenvalue weighted by Crippen LogP contribution is -2.32. The van der Waals surface area contributed by atoms with Crippen molar-refractivity contribution in [3.8, 4) is 28.4 Å². The molecule has 1 aromatic carbocycles. The van der Waals surface area contributed by atoms with Gasteiger partial charge in [-0.1, -0.05) is 30.1 Å². The number of aromatic nitrogens is 3. The topological polar surface area (TPSA) is 87.7 Å². The number of aryl methyl sites for hydroxylation is 2. The highest BCUT2D eigenvalue weighted by atomic mass is 35.5. The summed E-state index contributed by atoms with van der Waals surface area (Å²) in [5.41, 5.74) is 7.23. The van der Waals surface area contributed by atoms with Crippen LogP contribution in [0.1, 0.15) is 49.6 Å². The van der Waals surface area contributed by atoms with E-state index in [0.29, 0.717) is 28.6 Å². The van der Waals surface area contributed by atoms with E-state index in [1.807, 2.05) is 32.9 Å². The number of halogens is 1. The summed E-state index contributed by atoms with van der Waals surface area (Å²) in [6, 6.07) is 6.26. The molecule has 2 aromatic heterocycles. The molecule has 0 unspecified atom stereocenters. The monoisotopic (exact) mass is 549 g/mol. The largest absolute Gasteiger partial charge is 0.491 e. The van der Waals surface area contributed by atoms with E-state index in [2.05, 4.69) is 21.9 Å². The molecule has 0 amide bonds. The van der Waals surface area contributed by atoms with Crippen LogP contribution >= 0.6 is 11.6 Å². The molecule has 1 fully saturated rings. The van der Waals surface area contributed by atoms with Gasteiger partial charge in [0, 0.05) is 43.3 Å². The second kappa shape index (κ2) is 10.6. The van der Waals surface area contributed by atoms with Gasteiger partial charge in [-0.15, -0.1) is 0 Å². The summed E-state index contributed by atoms with van der Waals surface area (Å²) in [7, 11) is 0. The van der Waals surface area contributed by atoms with Crippen LogP contribution in [-0.2, 0) is 0 Å². The standard InChI is InChI=1S/C30H36ClN5O3/c1-5-6-23(37)16-38-24-9-10-26(31)25(11-24)29-32-28(27-18(3)34-39-19(27)4)17(2)30(33-29)36-14-20-12-35(22-7-8-22)13-21(20)15-36/h9-11,22-23,37H,5-8,12-16H2,1-4H3/t23-/m1/s1. The molecule has 0 radical (unpaired) electrons. The SMILES string of the molecule is CCC[C@@H](O)COc1ccc(Cl)c(-c2nc(-c3c(C)noc3C)c(C)c(N3CC4=C(C3)CN(C3CC3)C4)n2)c1. The number of hydrogen-bond acceptors (Lipinski definition) is 8. The molecule has 39 heavy (non-hydrogen) atoms. The predicted octanol–water partition coefficient (Wildman–Crippen LogP) is 5.51. The van der Waals surface area contributed by atoms with Crippen LogP contribution < -0.4 is 9.64 Å². The van der Waals surface area contributed by atoms with Gasteiger partial charge in [0.05, 0.1) is 28.1 Å². The molecule has 1 saturated carbocycles. The Bertz CT molecular complexity index is 1390. The lowest BCUT2D eigenvalue weighted by Gasteiger charge is -2.26. The van der Waals surface area contributed by atoms with Gasteiger partial charge >= 0.3 is 0 Å². The lowest BCUT2D eigenvalue weighted by atomic mass is 10.0. The van der Waals surface area contributed by atoms with Crippen molar-refractivity contribution in [2.75, 3.05) is 37.7 Å². The van der Waals surface area contributed by atoms with Crippen LogP contribution in [-0.4, -0.2) is 70.1 Å². The molecule has 9 heteroatoms. The van der Waals surface area contributed by atoms with Gasteiger partial charge in [0.25, 0.3) is 0 Å². The average Bonchev–Trinajstić information content (AvgIpc) is 3.45. The zero-order valence-electron chi connectivity index (χ0n) is 23.1. The first-order chi connectivity index (χ1) is 18.8. The molecule has 1 N–H and O–H groups in total. The predicted molar refractivity (Wildman–Crippen MR) is 152 cm³/mol. The molecule has 3 aromatic rings. The van der Waals surface area contributed by atoms with Crippen LogP contribution in [0.4, 0.5) is 5.82 Å². The van der Waals surface area contributed by atoms with Crippen molar-refractivity contribution in [2.45, 2.75) is 65.5 Å². The Balaban J connectivity index is 1.37. The van der Waals surface area contributed by atoms with Gasteiger partial charge in [0.15, 0.2) is 5.82 Å². The number of nitrogens with zero attached hydrogens (tertiary/aromatic N) is 5. The van der Waals surface area contributed by atoms with Crippen molar-refractivity contribution in [3.05, 3.63) is 51.4 Å². The first kappa shape index (κ1) is 26.3. The van der Waals surface area contributed by atoms with E-state index >= 15 is 0 Å². The quantitative estimate of drug-likeness (QED) is 0.349. The Morgan fingerprint density at radius 1 is 1.10 bits per heavy atom. The molecule has 0 bridgehead atoms. The summed E-state index contributed by atoms with van der Waals surface area (Å²) in [5.74, 6) is 2.78. The highest BCUT2D eigenvalue weighted by Crippen LogP contribution is 2.40. The van der Waals surface area contributed by atoms with Gasteiger partial charge < -0.3 is 19.3 Å². The second-order valence-electron chi connectivity index (χ2n) is 11.1. The summed E-state index contributed by atoms with van der Waals surface area (Å²) in [5, 5.41) is 14.9. The molecule has 6 rings (SSSR count). The molecule has 4 heterocycles. The molecule has 0 saturated heterocycles. The molecule has 2 aliphatic heterocycles. The Hall–Kier alpha value is -2.94. The van der Waals surface area contributed by atoms with Gasteiger partial charge in [0.1, 0.15) is 23.9 Å². The maximum Gasteiger partial charge on any atom is 0.163 e. The van der Waals surface area contributed by atoms with E-state index in [0.717, 1.165) is 72.7 Å². The fraction of sp³-hybridized carbons (Fsp3) is 0.500. The third-order valence-electron chi connectivity index (χ3n) is 8.05. The maximum atomic E-state index is 10.1. The Morgan fingerprint density at radius 2 is 1.85 bits per heavy atom. The van der Waals surface area contributed by atoms with E-state index in [-0.39, 0.29) is 6.61 Å². The number of benzene rings is 1. The molecular weight excluding hydrogens is 514 g/mol. The highest BCUT2D eigenvalue weighted by molar-refractivity contribution is 6.33. The first-order valence-electron chi connectivity index (χ1n) is 13.9. The summed E-state index contributed by atoms with van der Waals surface area (Å²) < 4.78 is 11.4. The minimum atomic E-state index is -0.511. The maximum absolute atomic E-state index is 10.1. The van der Waals surface area contributed by atoms with Gasteiger partial charge in [-0.3, -0.25) is 4.90 Å². The van der Waals surface area contributed by atoms with Gasteiger partial charge in [-0.2, -0.15) is 0 Å². The lowest BCUT2D eigenvalue weighted by molar-refractivity contribution is 0.0994. The minimum absolute atomic E-state index is 0.224. The average molecular weight is 550 g/mol. The number of anilines is 1. The molecule has 8 nitrogen and oxygen atoms in total. The summed E-state index contributed by atoms with van der Waals surface area (Å²) in [6.07, 6.45) is 3.75. The Morgan fingerprint density at radius 3 is 2.49 bits per heavy atom. The minimum Gasteiger partial charge on any atom is -0.491 e. The van der Waals surface area contributed by atoms with E-state index in [1.165, 1.54) is 24.0 Å². The fourth-order valence-corrected chi connectivity index (χ4v) is 6.03. The van der Waals surface area contributed by atoms with E-state index < -0.39 is 6.10 Å². The van der Waals surface area contributed by atoms with E-state index in [9.17, 15) is 5.11 Å². The molecule has 1 atom stereocenters. The highest BCUT2D eigenvalue weighted by Gasteiger charge is 2.38. The van der Waals surface area contributed by atoms with Gasteiger partial charge in [0.2, 0.25) is 0 Å². The van der Waals surface area contributed by atoms with Crippen LogP contribution in [0.25, 0.3) is 22.6 Å². The molecule has 3 aliphatic rings. The van der Waals surface area contributed by atoms with Crippen LogP contribution in [0.5, 0.6) is 5.75 Å². The fourth-order valence-electron chi connectivity index (χ4n) is 5.83. The zero-order chi connectivity index (χ0) is 27.3. The molecule has 206 valence electrons. The number of aliphatic hydroxyl groups is 1. The number of hydrogen-bond donors (Lipinski definition) is 1. The van der Waals surface area contributed by atoms with Crippen LogP contribution in [0.15, 0.2) is 33.9 Å². The molecule has 0 spiro atoms. The van der Waals surface area contributed by atoms with E-state index in [1.54, 1.807) is 6.07 Å². The zero-order valence-corrected chi connectivity index (χ0v) is 23.9. The summed E-state index contributed by atoms with van der Waals surface area (Å²) >= 11 is 6.72. The van der Waals surface area contributed by atoms with Gasteiger partial charge in [-0.25, -0.2) is 9.97 Å². The third kappa shape index (κ3) is 5.17. The van der Waals surface area contributed by atoms with Crippen LogP contribution in [0.3, 0.4) is 0 Å². The molecular formula is C30H36ClN5O3. The van der Waals surface area contributed by atoms with Gasteiger partial charge in [-0.05, 0) is 69.4 Å². The molecule has 1 aliphatic carbocycles. The van der Waals surface area contributed by atoms with Crippen molar-refractivity contribution in [2.24, 2.45) is 0 Å². The number of aliphatic hydroxyl groups excluding tert-OH is 1. The smallest absolute Gasteiger partial charge is 0.163 e. The van der Waals surface area contributed by atoms with Crippen molar-refractivity contribution < 1.29 is 14.4 Å². The van der Waals surface area contributed by atoms with Crippen molar-refractivity contribution >= 4 is 17.4 Å². The Labute approximate surface area is 234 Å². The first-order valence-corrected chi connectivity index (χ1v) is 14.3. The van der Waals surface area contributed by atoms with Crippen molar-refractivity contribution in [3.63, 3.8) is 0 Å². The normalized spacial score (nSPS) is 18.3. The van der Waals surface area contributed by atoms with Crippen molar-refractivity contribution in [1.82, 2.24) is 20.0 Å². The van der Waals surface area contributed by atoms with Crippen LogP contribution in [0, 0.1) is 20.8 Å².